The second-order valence-electron chi connectivity index (χ2n) is 2.37. The van der Waals surface area contributed by atoms with Gasteiger partial charge >= 0.3 is 0 Å². The Labute approximate surface area is 82.7 Å². The lowest BCUT2D eigenvalue weighted by Gasteiger charge is -2.11. The molecule has 0 spiro atoms. The van der Waals surface area contributed by atoms with Crippen LogP contribution >= 0.6 is 28.6 Å². The van der Waals surface area contributed by atoms with Gasteiger partial charge in [0, 0.05) is 24.8 Å². The Morgan fingerprint density at radius 2 is 1.91 bits per heavy atom. The minimum atomic E-state index is 0. The predicted octanol–water partition coefficient (Wildman–Crippen LogP) is 2.98. The van der Waals surface area contributed by atoms with E-state index in [2.05, 4.69) is 0 Å². The van der Waals surface area contributed by atoms with Gasteiger partial charge in [0.2, 0.25) is 0 Å². The summed E-state index contributed by atoms with van der Waals surface area (Å²) in [5.41, 5.74) is 1.13. The van der Waals surface area contributed by atoms with Crippen molar-refractivity contribution in [2.75, 3.05) is 19.0 Å². The maximum absolute atomic E-state index is 5.76. The molecule has 1 nitrogen and oxygen atoms in total. The fourth-order valence-electron chi connectivity index (χ4n) is 0.754. The van der Waals surface area contributed by atoms with Gasteiger partial charge < -0.3 is 4.90 Å². The molecule has 0 aromatic heterocycles. The monoisotopic (exact) mass is 235 g/mol. The van der Waals surface area contributed by atoms with Gasteiger partial charge in [0.15, 0.2) is 0 Å². The van der Waals surface area contributed by atoms with Gasteiger partial charge in [0.1, 0.15) is 0 Å². The van der Waals surface area contributed by atoms with E-state index in [9.17, 15) is 0 Å². The highest BCUT2D eigenvalue weighted by molar-refractivity contribution is 8.93. The topological polar surface area (TPSA) is 3.24 Å². The Morgan fingerprint density at radius 1 is 1.27 bits per heavy atom. The summed E-state index contributed by atoms with van der Waals surface area (Å²) in [5, 5.41) is 0.784. The van der Waals surface area contributed by atoms with Crippen LogP contribution in [0.3, 0.4) is 0 Å². The van der Waals surface area contributed by atoms with Crippen LogP contribution in [0.15, 0.2) is 24.3 Å². The Morgan fingerprint density at radius 3 is 2.27 bits per heavy atom. The highest BCUT2D eigenvalue weighted by atomic mass is 79.9. The van der Waals surface area contributed by atoms with Gasteiger partial charge in [0.25, 0.3) is 0 Å². The van der Waals surface area contributed by atoms with Crippen LogP contribution in [0.1, 0.15) is 0 Å². The van der Waals surface area contributed by atoms with Crippen molar-refractivity contribution in [1.29, 1.82) is 0 Å². The molecular weight excluding hydrogens is 225 g/mol. The average Bonchev–Trinajstić information content (AvgIpc) is 1.88. The minimum Gasteiger partial charge on any atom is -0.378 e. The van der Waals surface area contributed by atoms with E-state index in [1.807, 2.05) is 43.3 Å². The number of nitrogens with zero attached hydrogens (tertiary/aromatic N) is 1. The molecule has 0 unspecified atom stereocenters. The summed E-state index contributed by atoms with van der Waals surface area (Å²) in [4.78, 5) is 2.02. The number of hydrogen-bond acceptors (Lipinski definition) is 1. The third kappa shape index (κ3) is 3.12. The fourth-order valence-corrected chi connectivity index (χ4v) is 0.939. The molecule has 0 heterocycles. The van der Waals surface area contributed by atoms with Crippen molar-refractivity contribution in [3.8, 4) is 0 Å². The third-order valence-electron chi connectivity index (χ3n) is 1.32. The van der Waals surface area contributed by atoms with Gasteiger partial charge in [-0.2, -0.15) is 0 Å². The number of rotatable bonds is 1. The molecule has 1 rings (SSSR count). The van der Waals surface area contributed by atoms with Crippen LogP contribution in [0.2, 0.25) is 5.02 Å². The summed E-state index contributed by atoms with van der Waals surface area (Å²) in [6.45, 7) is 0. The summed E-state index contributed by atoms with van der Waals surface area (Å²) >= 11 is 5.76. The van der Waals surface area contributed by atoms with E-state index in [1.54, 1.807) is 0 Å². The van der Waals surface area contributed by atoms with Crippen molar-refractivity contribution in [3.63, 3.8) is 0 Å². The number of benzene rings is 1. The first-order chi connectivity index (χ1) is 4.70. The van der Waals surface area contributed by atoms with Crippen molar-refractivity contribution in [2.45, 2.75) is 0 Å². The molecule has 0 atom stereocenters. The highest BCUT2D eigenvalue weighted by Crippen LogP contribution is 2.16. The van der Waals surface area contributed by atoms with E-state index in [4.69, 9.17) is 11.6 Å². The van der Waals surface area contributed by atoms with Gasteiger partial charge in [-0.1, -0.05) is 17.7 Å². The van der Waals surface area contributed by atoms with Crippen molar-refractivity contribution in [1.82, 2.24) is 0 Å². The van der Waals surface area contributed by atoms with Crippen LogP contribution < -0.4 is 4.90 Å². The maximum Gasteiger partial charge on any atom is 0.0426 e. The molecule has 0 fully saturated rings. The van der Waals surface area contributed by atoms with E-state index < -0.39 is 0 Å². The molecule has 11 heavy (non-hydrogen) atoms. The van der Waals surface area contributed by atoms with Gasteiger partial charge in [-0.05, 0) is 18.2 Å². The zero-order chi connectivity index (χ0) is 7.56. The van der Waals surface area contributed by atoms with Gasteiger partial charge in [-0.3, -0.25) is 0 Å². The Hall–Kier alpha value is -0.210. The second kappa shape index (κ2) is 4.62. The first kappa shape index (κ1) is 10.8. The number of anilines is 1. The zero-order valence-electron chi connectivity index (χ0n) is 6.54. The van der Waals surface area contributed by atoms with Crippen molar-refractivity contribution in [3.05, 3.63) is 29.3 Å². The molecule has 62 valence electrons. The predicted molar refractivity (Wildman–Crippen MR) is 56.1 cm³/mol. The lowest BCUT2D eigenvalue weighted by molar-refractivity contribution is 1.13. The van der Waals surface area contributed by atoms with Crippen LogP contribution in [0, 0.1) is 0 Å². The Bertz CT molecular complexity index is 225. The first-order valence-corrected chi connectivity index (χ1v) is 3.51. The van der Waals surface area contributed by atoms with Crippen molar-refractivity contribution in [2.24, 2.45) is 0 Å². The molecule has 0 aliphatic heterocycles. The molecule has 0 aliphatic carbocycles. The smallest absolute Gasteiger partial charge is 0.0426 e. The molecule has 1 aromatic rings. The highest BCUT2D eigenvalue weighted by Gasteiger charge is 1.93. The lowest BCUT2D eigenvalue weighted by Crippen LogP contribution is -2.07. The van der Waals surface area contributed by atoms with Crippen molar-refractivity contribution < 1.29 is 0 Å². The molecule has 1 aromatic carbocycles. The number of halogens is 2. The molecule has 0 aliphatic rings. The normalized spacial score (nSPS) is 8.64. The third-order valence-corrected chi connectivity index (χ3v) is 1.56. The molecule has 0 radical (unpaired) electrons. The van der Waals surface area contributed by atoms with Crippen LogP contribution in [0.25, 0.3) is 0 Å². The summed E-state index contributed by atoms with van der Waals surface area (Å²) in [6, 6.07) is 7.76. The minimum absolute atomic E-state index is 0. The summed E-state index contributed by atoms with van der Waals surface area (Å²) < 4.78 is 0. The average molecular weight is 237 g/mol. The molecular formula is C8H11BrClN. The van der Waals surface area contributed by atoms with Crippen LogP contribution in [0.4, 0.5) is 5.69 Å². The molecule has 0 N–H and O–H groups in total. The maximum atomic E-state index is 5.76. The van der Waals surface area contributed by atoms with Gasteiger partial charge in [-0.15, -0.1) is 17.0 Å². The molecule has 0 saturated carbocycles. The second-order valence-corrected chi connectivity index (χ2v) is 2.81. The van der Waals surface area contributed by atoms with E-state index in [0.717, 1.165) is 10.7 Å². The van der Waals surface area contributed by atoms with E-state index in [1.165, 1.54) is 0 Å². The van der Waals surface area contributed by atoms with E-state index >= 15 is 0 Å². The van der Waals surface area contributed by atoms with E-state index in [-0.39, 0.29) is 17.0 Å². The summed E-state index contributed by atoms with van der Waals surface area (Å²) in [6.07, 6.45) is 0. The Balaban J connectivity index is 0.000001000. The fraction of sp³-hybridized carbons (Fsp3) is 0.250. The van der Waals surface area contributed by atoms with E-state index in [0.29, 0.717) is 0 Å². The summed E-state index contributed by atoms with van der Waals surface area (Å²) in [7, 11) is 3.98. The van der Waals surface area contributed by atoms with Gasteiger partial charge in [0.05, 0.1) is 0 Å². The van der Waals surface area contributed by atoms with Crippen LogP contribution in [0.5, 0.6) is 0 Å². The molecule has 0 bridgehead atoms. The van der Waals surface area contributed by atoms with Gasteiger partial charge in [-0.25, -0.2) is 0 Å². The molecule has 0 saturated heterocycles. The zero-order valence-corrected chi connectivity index (χ0v) is 9.01. The summed E-state index contributed by atoms with van der Waals surface area (Å²) in [5.74, 6) is 0. The molecule has 0 amide bonds. The number of hydrogen-bond donors (Lipinski definition) is 0. The quantitative estimate of drug-likeness (QED) is 0.725. The lowest BCUT2D eigenvalue weighted by atomic mass is 10.3. The molecule has 3 heteroatoms. The Kier molecular flexibility index (Phi) is 4.54. The van der Waals surface area contributed by atoms with Crippen molar-refractivity contribution >= 4 is 34.3 Å². The van der Waals surface area contributed by atoms with Crippen LogP contribution in [-0.4, -0.2) is 14.1 Å². The largest absolute Gasteiger partial charge is 0.378 e. The SMILES string of the molecule is Br.CN(C)c1cccc(Cl)c1. The standard InChI is InChI=1S/C8H10ClN.BrH/c1-10(2)8-5-3-4-7(9)6-8;/h3-6H,1-2H3;1H. The first-order valence-electron chi connectivity index (χ1n) is 3.13. The van der Waals surface area contributed by atoms with Crippen LogP contribution in [-0.2, 0) is 0 Å².